The summed E-state index contributed by atoms with van der Waals surface area (Å²) < 4.78 is 12.1. The molecule has 1 heterocycles. The highest BCUT2D eigenvalue weighted by molar-refractivity contribution is 4.60. The van der Waals surface area contributed by atoms with E-state index in [-0.39, 0.29) is 0 Å². The van der Waals surface area contributed by atoms with Crippen molar-refractivity contribution in [3.8, 4) is 0 Å². The molecule has 0 amide bonds. The van der Waals surface area contributed by atoms with Crippen molar-refractivity contribution in [2.75, 3.05) is 6.54 Å². The highest BCUT2D eigenvalue weighted by Crippen LogP contribution is 2.06. The fraction of sp³-hybridized carbons (Fsp3) is 1.00. The van der Waals surface area contributed by atoms with Crippen LogP contribution in [0.15, 0.2) is 0 Å². The van der Waals surface area contributed by atoms with Crippen LogP contribution in [0.2, 0.25) is 0 Å². The van der Waals surface area contributed by atoms with Gasteiger partial charge >= 0.3 is 0 Å². The Labute approximate surface area is 42.9 Å². The molecule has 2 heteroatoms. The van der Waals surface area contributed by atoms with E-state index in [1.165, 1.54) is 0 Å². The second-order valence-electron chi connectivity index (χ2n) is 1.92. The normalized spacial score (nSPS) is 33.0. The molecule has 1 nitrogen and oxygen atoms in total. The van der Waals surface area contributed by atoms with Gasteiger partial charge in [0, 0.05) is 0 Å². The van der Waals surface area contributed by atoms with Gasteiger partial charge in [0.2, 0.25) is 0 Å². The average molecular weight is 103 g/mol. The lowest BCUT2D eigenvalue weighted by Crippen LogP contribution is -2.29. The maximum Gasteiger partial charge on any atom is 0.151 e. The summed E-state index contributed by atoms with van der Waals surface area (Å²) in [5, 5.41) is 2.72. The standard InChI is InChI=1S/C5H10FN/c6-5-3-1-2-4-7-5/h5,7H,1-4H2/t5-/m1/s1. The van der Waals surface area contributed by atoms with Gasteiger partial charge in [-0.1, -0.05) is 0 Å². The molecule has 0 bridgehead atoms. The van der Waals surface area contributed by atoms with Crippen LogP contribution in [0, 0.1) is 0 Å². The molecular weight excluding hydrogens is 93.1 g/mol. The van der Waals surface area contributed by atoms with E-state index in [1.807, 2.05) is 0 Å². The minimum absolute atomic E-state index is 0.708. The maximum atomic E-state index is 12.1. The van der Waals surface area contributed by atoms with Crippen LogP contribution in [0.25, 0.3) is 0 Å². The first-order valence-corrected chi connectivity index (χ1v) is 2.77. The smallest absolute Gasteiger partial charge is 0.151 e. The highest BCUT2D eigenvalue weighted by Gasteiger charge is 2.08. The third kappa shape index (κ3) is 1.43. The first kappa shape index (κ1) is 5.04. The van der Waals surface area contributed by atoms with Crippen molar-refractivity contribution in [1.29, 1.82) is 0 Å². The monoisotopic (exact) mass is 103 g/mol. The zero-order valence-corrected chi connectivity index (χ0v) is 4.28. The van der Waals surface area contributed by atoms with E-state index in [2.05, 4.69) is 5.32 Å². The number of hydrogen-bond donors (Lipinski definition) is 1. The number of nitrogens with one attached hydrogen (secondary N) is 1. The zero-order chi connectivity index (χ0) is 5.11. The molecule has 1 saturated heterocycles. The Morgan fingerprint density at radius 3 is 2.57 bits per heavy atom. The van der Waals surface area contributed by atoms with Gasteiger partial charge in [-0.2, -0.15) is 0 Å². The Morgan fingerprint density at radius 1 is 1.43 bits per heavy atom. The van der Waals surface area contributed by atoms with E-state index in [0.717, 1.165) is 19.4 Å². The van der Waals surface area contributed by atoms with E-state index < -0.39 is 6.30 Å². The topological polar surface area (TPSA) is 12.0 Å². The predicted octanol–water partition coefficient (Wildman–Crippen LogP) is 1.06. The molecule has 7 heavy (non-hydrogen) atoms. The first-order valence-electron chi connectivity index (χ1n) is 2.77. The van der Waals surface area contributed by atoms with Crippen LogP contribution in [0.5, 0.6) is 0 Å². The van der Waals surface area contributed by atoms with Gasteiger partial charge in [0.15, 0.2) is 6.30 Å². The lowest BCUT2D eigenvalue weighted by molar-refractivity contribution is 0.223. The Kier molecular flexibility index (Phi) is 1.63. The first-order chi connectivity index (χ1) is 3.39. The Balaban J connectivity index is 2.12. The van der Waals surface area contributed by atoms with Crippen LogP contribution in [-0.4, -0.2) is 12.8 Å². The summed E-state index contributed by atoms with van der Waals surface area (Å²) in [6.45, 7) is 0.862. The third-order valence-electron chi connectivity index (χ3n) is 1.25. The minimum atomic E-state index is -0.714. The summed E-state index contributed by atoms with van der Waals surface area (Å²) >= 11 is 0. The van der Waals surface area contributed by atoms with Crippen molar-refractivity contribution in [2.24, 2.45) is 0 Å². The van der Waals surface area contributed by atoms with Gasteiger partial charge in [0.05, 0.1) is 0 Å². The lowest BCUT2D eigenvalue weighted by atomic mass is 10.2. The molecule has 1 aliphatic rings. The largest absolute Gasteiger partial charge is 0.288 e. The Hall–Kier alpha value is -0.110. The molecule has 1 rings (SSSR count). The minimum Gasteiger partial charge on any atom is -0.288 e. The SMILES string of the molecule is F[C@H]1CCCCN1. The molecule has 0 aromatic heterocycles. The van der Waals surface area contributed by atoms with Crippen LogP contribution in [0.1, 0.15) is 19.3 Å². The quantitative estimate of drug-likeness (QED) is 0.452. The Morgan fingerprint density at radius 2 is 2.29 bits per heavy atom. The third-order valence-corrected chi connectivity index (χ3v) is 1.25. The number of piperidine rings is 1. The predicted molar refractivity (Wildman–Crippen MR) is 26.7 cm³/mol. The zero-order valence-electron chi connectivity index (χ0n) is 4.28. The molecule has 1 aliphatic heterocycles. The number of alkyl halides is 1. The second kappa shape index (κ2) is 2.26. The summed E-state index contributed by atoms with van der Waals surface area (Å²) in [5.41, 5.74) is 0. The van der Waals surface area contributed by atoms with E-state index in [4.69, 9.17) is 0 Å². The molecule has 1 atom stereocenters. The van der Waals surface area contributed by atoms with Crippen molar-refractivity contribution < 1.29 is 4.39 Å². The molecule has 1 fully saturated rings. The van der Waals surface area contributed by atoms with Gasteiger partial charge in [-0.25, -0.2) is 4.39 Å². The Bertz CT molecular complexity index is 50.0. The molecule has 0 aromatic rings. The number of halogens is 1. The molecule has 1 N–H and O–H groups in total. The summed E-state index contributed by atoms with van der Waals surface area (Å²) in [6, 6.07) is 0. The summed E-state index contributed by atoms with van der Waals surface area (Å²) in [4.78, 5) is 0. The van der Waals surface area contributed by atoms with E-state index in [1.54, 1.807) is 0 Å². The fourth-order valence-electron chi connectivity index (χ4n) is 0.809. The molecular formula is C5H10FN. The van der Waals surface area contributed by atoms with Crippen LogP contribution < -0.4 is 5.32 Å². The lowest BCUT2D eigenvalue weighted by Gasteiger charge is -2.14. The van der Waals surface area contributed by atoms with Crippen molar-refractivity contribution >= 4 is 0 Å². The number of hydrogen-bond acceptors (Lipinski definition) is 1. The van der Waals surface area contributed by atoms with E-state index >= 15 is 0 Å². The van der Waals surface area contributed by atoms with Crippen molar-refractivity contribution in [1.82, 2.24) is 5.32 Å². The molecule has 0 aromatic carbocycles. The van der Waals surface area contributed by atoms with Gasteiger partial charge in [-0.05, 0) is 25.8 Å². The van der Waals surface area contributed by atoms with Gasteiger partial charge in [-0.3, -0.25) is 5.32 Å². The molecule has 0 saturated carbocycles. The van der Waals surface area contributed by atoms with Gasteiger partial charge in [0.25, 0.3) is 0 Å². The summed E-state index contributed by atoms with van der Waals surface area (Å²) in [5.74, 6) is 0. The maximum absolute atomic E-state index is 12.1. The molecule has 0 radical (unpaired) electrons. The van der Waals surface area contributed by atoms with Crippen LogP contribution in [-0.2, 0) is 0 Å². The number of rotatable bonds is 0. The molecule has 0 aliphatic carbocycles. The summed E-state index contributed by atoms with van der Waals surface area (Å²) in [6.07, 6.45) is 2.18. The van der Waals surface area contributed by atoms with E-state index in [9.17, 15) is 4.39 Å². The van der Waals surface area contributed by atoms with Crippen LogP contribution in [0.3, 0.4) is 0 Å². The molecule has 0 spiro atoms. The summed E-state index contributed by atoms with van der Waals surface area (Å²) in [7, 11) is 0. The highest BCUT2D eigenvalue weighted by atomic mass is 19.1. The van der Waals surface area contributed by atoms with Crippen LogP contribution in [0.4, 0.5) is 4.39 Å². The molecule has 0 unspecified atom stereocenters. The van der Waals surface area contributed by atoms with Gasteiger partial charge in [0.1, 0.15) is 0 Å². The van der Waals surface area contributed by atoms with Gasteiger partial charge < -0.3 is 0 Å². The van der Waals surface area contributed by atoms with Gasteiger partial charge in [-0.15, -0.1) is 0 Å². The molecule has 42 valence electrons. The van der Waals surface area contributed by atoms with Crippen molar-refractivity contribution in [3.05, 3.63) is 0 Å². The van der Waals surface area contributed by atoms with Crippen molar-refractivity contribution in [2.45, 2.75) is 25.6 Å². The van der Waals surface area contributed by atoms with Crippen LogP contribution >= 0.6 is 0 Å². The van der Waals surface area contributed by atoms with Crippen molar-refractivity contribution in [3.63, 3.8) is 0 Å². The second-order valence-corrected chi connectivity index (χ2v) is 1.92. The van der Waals surface area contributed by atoms with E-state index in [0.29, 0.717) is 6.42 Å². The fourth-order valence-corrected chi connectivity index (χ4v) is 0.809. The average Bonchev–Trinajstić information content (AvgIpc) is 1.69.